The van der Waals surface area contributed by atoms with Crippen molar-refractivity contribution >= 4 is 11.5 Å². The molecule has 0 bridgehead atoms. The molecule has 0 N–H and O–H groups in total. The summed E-state index contributed by atoms with van der Waals surface area (Å²) in [5, 5.41) is 0. The van der Waals surface area contributed by atoms with Gasteiger partial charge in [-0.1, -0.05) is 26.3 Å². The Kier molecular flexibility index (Phi) is 3.31. The molecule has 1 aliphatic carbocycles. The number of benzene rings is 1. The van der Waals surface area contributed by atoms with E-state index in [2.05, 4.69) is 18.7 Å². The van der Waals surface area contributed by atoms with Crippen molar-refractivity contribution in [2.45, 2.75) is 39.5 Å². The first-order valence-corrected chi connectivity index (χ1v) is 7.55. The van der Waals surface area contributed by atoms with Gasteiger partial charge in [0.1, 0.15) is 11.6 Å². The highest BCUT2D eigenvalue weighted by Crippen LogP contribution is 2.37. The molecule has 0 amide bonds. The van der Waals surface area contributed by atoms with Crippen molar-refractivity contribution in [3.8, 4) is 0 Å². The number of fused-ring (bicyclic) bond motifs is 1. The van der Waals surface area contributed by atoms with E-state index in [4.69, 9.17) is 0 Å². The van der Waals surface area contributed by atoms with Crippen LogP contribution in [-0.4, -0.2) is 18.9 Å². The summed E-state index contributed by atoms with van der Waals surface area (Å²) >= 11 is 0. The number of hydrogen-bond donors (Lipinski definition) is 0. The quantitative estimate of drug-likeness (QED) is 0.822. The van der Waals surface area contributed by atoms with Gasteiger partial charge in [-0.3, -0.25) is 4.79 Å². The molecule has 0 spiro atoms. The molecule has 0 radical (unpaired) electrons. The lowest BCUT2D eigenvalue weighted by molar-refractivity contribution is -0.133. The van der Waals surface area contributed by atoms with Crippen LogP contribution in [0.2, 0.25) is 0 Å². The molecule has 2 aliphatic rings. The molecular weight excluding hydrogens is 253 g/mol. The van der Waals surface area contributed by atoms with E-state index in [1.165, 1.54) is 11.6 Å². The maximum Gasteiger partial charge on any atom is 0.143 e. The highest BCUT2D eigenvalue weighted by atomic mass is 19.1. The second kappa shape index (κ2) is 4.87. The lowest BCUT2D eigenvalue weighted by atomic mass is 9.71. The monoisotopic (exact) mass is 275 g/mol. The van der Waals surface area contributed by atoms with Crippen molar-refractivity contribution in [2.75, 3.05) is 18.0 Å². The number of carbonyl (C=O) groups is 1. The van der Waals surface area contributed by atoms with Crippen molar-refractivity contribution in [1.82, 2.24) is 0 Å². The van der Waals surface area contributed by atoms with Gasteiger partial charge >= 0.3 is 0 Å². The molecule has 0 saturated heterocycles. The molecule has 1 aromatic rings. The predicted molar refractivity (Wildman–Crippen MR) is 78.4 cm³/mol. The third-order valence-corrected chi connectivity index (χ3v) is 4.87. The molecular formula is C17H22FNO. The Bertz CT molecular complexity index is 538. The molecule has 1 saturated carbocycles. The normalized spacial score (nSPS) is 24.9. The van der Waals surface area contributed by atoms with Crippen LogP contribution in [0.4, 0.5) is 10.1 Å². The lowest BCUT2D eigenvalue weighted by Gasteiger charge is -2.36. The van der Waals surface area contributed by atoms with Crippen molar-refractivity contribution in [2.24, 2.45) is 11.3 Å². The van der Waals surface area contributed by atoms with Gasteiger partial charge < -0.3 is 4.90 Å². The zero-order valence-electron chi connectivity index (χ0n) is 12.3. The van der Waals surface area contributed by atoms with Crippen molar-refractivity contribution in [3.63, 3.8) is 0 Å². The topological polar surface area (TPSA) is 20.3 Å². The number of ketones is 1. The lowest BCUT2D eigenvalue weighted by Crippen LogP contribution is -2.41. The van der Waals surface area contributed by atoms with Gasteiger partial charge in [-0.2, -0.15) is 0 Å². The Balaban J connectivity index is 1.77. The standard InChI is InChI=1S/C17H22FNO/c1-17(2)8-3-4-13(16(17)20)11-19-9-7-12-5-6-14(18)10-15(12)19/h5-6,10,13H,3-4,7-9,11H2,1-2H3. The third kappa shape index (κ3) is 2.34. The highest BCUT2D eigenvalue weighted by molar-refractivity contribution is 5.87. The second-order valence-corrected chi connectivity index (χ2v) is 6.81. The van der Waals surface area contributed by atoms with Crippen LogP contribution in [0.15, 0.2) is 18.2 Å². The second-order valence-electron chi connectivity index (χ2n) is 6.81. The van der Waals surface area contributed by atoms with Crippen LogP contribution in [0.3, 0.4) is 0 Å². The summed E-state index contributed by atoms with van der Waals surface area (Å²) < 4.78 is 13.4. The van der Waals surface area contributed by atoms with Gasteiger partial charge in [0.2, 0.25) is 0 Å². The average molecular weight is 275 g/mol. The van der Waals surface area contributed by atoms with Crippen LogP contribution in [0, 0.1) is 17.2 Å². The van der Waals surface area contributed by atoms with Crippen LogP contribution >= 0.6 is 0 Å². The van der Waals surface area contributed by atoms with Gasteiger partial charge in [0.15, 0.2) is 0 Å². The Morgan fingerprint density at radius 1 is 1.40 bits per heavy atom. The van der Waals surface area contributed by atoms with Gasteiger partial charge in [-0.25, -0.2) is 4.39 Å². The van der Waals surface area contributed by atoms with Crippen molar-refractivity contribution in [1.29, 1.82) is 0 Å². The smallest absolute Gasteiger partial charge is 0.143 e. The van der Waals surface area contributed by atoms with Gasteiger partial charge in [0.25, 0.3) is 0 Å². The van der Waals surface area contributed by atoms with Crippen LogP contribution in [0.1, 0.15) is 38.7 Å². The first-order chi connectivity index (χ1) is 9.47. The minimum Gasteiger partial charge on any atom is -0.370 e. The van der Waals surface area contributed by atoms with Crippen LogP contribution in [0.5, 0.6) is 0 Å². The summed E-state index contributed by atoms with van der Waals surface area (Å²) in [7, 11) is 0. The Labute approximate surface area is 120 Å². The number of hydrogen-bond acceptors (Lipinski definition) is 2. The maximum atomic E-state index is 13.4. The molecule has 1 unspecified atom stereocenters. The zero-order chi connectivity index (χ0) is 14.3. The molecule has 20 heavy (non-hydrogen) atoms. The third-order valence-electron chi connectivity index (χ3n) is 4.87. The first-order valence-electron chi connectivity index (χ1n) is 7.55. The minimum atomic E-state index is -0.189. The summed E-state index contributed by atoms with van der Waals surface area (Å²) in [5.41, 5.74) is 2.00. The predicted octanol–water partition coefficient (Wildman–Crippen LogP) is 3.58. The van der Waals surface area contributed by atoms with Crippen molar-refractivity contribution in [3.05, 3.63) is 29.6 Å². The molecule has 3 heteroatoms. The van der Waals surface area contributed by atoms with E-state index in [0.29, 0.717) is 5.78 Å². The van der Waals surface area contributed by atoms with Gasteiger partial charge in [0.05, 0.1) is 0 Å². The molecule has 1 aromatic carbocycles. The molecule has 3 rings (SSSR count). The number of carbonyl (C=O) groups excluding carboxylic acids is 1. The fraction of sp³-hybridized carbons (Fsp3) is 0.588. The Morgan fingerprint density at radius 3 is 3.00 bits per heavy atom. The number of halogens is 1. The summed E-state index contributed by atoms with van der Waals surface area (Å²) in [6, 6.07) is 5.01. The number of anilines is 1. The molecule has 2 nitrogen and oxygen atoms in total. The summed E-state index contributed by atoms with van der Waals surface area (Å²) in [6.07, 6.45) is 4.05. The number of rotatable bonds is 2. The van der Waals surface area contributed by atoms with E-state index >= 15 is 0 Å². The van der Waals surface area contributed by atoms with Crippen LogP contribution in [0.25, 0.3) is 0 Å². The Morgan fingerprint density at radius 2 is 2.20 bits per heavy atom. The average Bonchev–Trinajstić information content (AvgIpc) is 2.78. The summed E-state index contributed by atoms with van der Waals surface area (Å²) in [5.74, 6) is 0.299. The van der Waals surface area contributed by atoms with E-state index in [9.17, 15) is 9.18 Å². The molecule has 1 fully saturated rings. The van der Waals surface area contributed by atoms with Gasteiger partial charge in [0, 0.05) is 30.1 Å². The summed E-state index contributed by atoms with van der Waals surface area (Å²) in [4.78, 5) is 14.7. The van der Waals surface area contributed by atoms with Crippen LogP contribution in [-0.2, 0) is 11.2 Å². The van der Waals surface area contributed by atoms with E-state index in [1.54, 1.807) is 6.07 Å². The van der Waals surface area contributed by atoms with Gasteiger partial charge in [-0.05, 0) is 37.0 Å². The van der Waals surface area contributed by atoms with Crippen LogP contribution < -0.4 is 4.90 Å². The minimum absolute atomic E-state index is 0.105. The fourth-order valence-corrected chi connectivity index (χ4v) is 3.65. The molecule has 0 aromatic heterocycles. The number of nitrogens with zero attached hydrogens (tertiary/aromatic N) is 1. The summed E-state index contributed by atoms with van der Waals surface area (Å²) in [6.45, 7) is 5.76. The fourth-order valence-electron chi connectivity index (χ4n) is 3.65. The molecule has 1 aliphatic heterocycles. The van der Waals surface area contributed by atoms with E-state index in [1.807, 2.05) is 6.07 Å². The Hall–Kier alpha value is -1.38. The molecule has 1 heterocycles. The maximum absolute atomic E-state index is 13.4. The molecule has 1 atom stereocenters. The van der Waals surface area contributed by atoms with E-state index in [-0.39, 0.29) is 17.2 Å². The highest BCUT2D eigenvalue weighted by Gasteiger charge is 2.38. The van der Waals surface area contributed by atoms with E-state index < -0.39 is 0 Å². The molecule has 108 valence electrons. The number of Topliss-reactive ketones (excluding diaryl/α,β-unsaturated/α-hetero) is 1. The SMILES string of the molecule is CC1(C)CCCC(CN2CCc3ccc(F)cc32)C1=O. The zero-order valence-corrected chi connectivity index (χ0v) is 12.3. The van der Waals surface area contributed by atoms with E-state index in [0.717, 1.165) is 44.5 Å². The van der Waals surface area contributed by atoms with Gasteiger partial charge in [-0.15, -0.1) is 0 Å². The largest absolute Gasteiger partial charge is 0.370 e. The van der Waals surface area contributed by atoms with Crippen molar-refractivity contribution < 1.29 is 9.18 Å². The first kappa shape index (κ1) is 13.6.